The van der Waals surface area contributed by atoms with Gasteiger partial charge >= 0.3 is 0 Å². The molecule has 0 bridgehead atoms. The molecule has 0 saturated heterocycles. The molecule has 0 atom stereocenters. The van der Waals surface area contributed by atoms with Gasteiger partial charge in [-0.1, -0.05) is 18.6 Å². The lowest BCUT2D eigenvalue weighted by atomic mass is 9.83. The summed E-state index contributed by atoms with van der Waals surface area (Å²) in [6.45, 7) is 2.06. The van der Waals surface area contributed by atoms with E-state index in [-0.39, 0.29) is 5.91 Å². The lowest BCUT2D eigenvalue weighted by Gasteiger charge is -2.24. The third-order valence-corrected chi connectivity index (χ3v) is 4.16. The van der Waals surface area contributed by atoms with Crippen molar-refractivity contribution in [2.45, 2.75) is 32.6 Å². The highest BCUT2D eigenvalue weighted by Crippen LogP contribution is 2.30. The summed E-state index contributed by atoms with van der Waals surface area (Å²) in [7, 11) is 0. The van der Waals surface area contributed by atoms with E-state index in [1.807, 2.05) is 36.4 Å². The number of pyridine rings is 1. The number of aromatic nitrogens is 1. The van der Waals surface area contributed by atoms with Crippen LogP contribution in [0.3, 0.4) is 0 Å². The van der Waals surface area contributed by atoms with E-state index in [1.54, 1.807) is 6.20 Å². The molecule has 1 N–H and O–H groups in total. The SMILES string of the molecule is Cc1ccc(NC(=O)CC2CCC2)cc1-c1ccccn1. The van der Waals surface area contributed by atoms with Gasteiger partial charge in [-0.25, -0.2) is 0 Å². The summed E-state index contributed by atoms with van der Waals surface area (Å²) in [6, 6.07) is 11.9. The minimum Gasteiger partial charge on any atom is -0.326 e. The van der Waals surface area contributed by atoms with E-state index in [9.17, 15) is 4.79 Å². The average molecular weight is 280 g/mol. The summed E-state index contributed by atoms with van der Waals surface area (Å²) < 4.78 is 0. The van der Waals surface area contributed by atoms with Crippen LogP contribution in [0.25, 0.3) is 11.3 Å². The van der Waals surface area contributed by atoms with Crippen molar-refractivity contribution in [1.29, 1.82) is 0 Å². The van der Waals surface area contributed by atoms with Gasteiger partial charge in [0.15, 0.2) is 0 Å². The van der Waals surface area contributed by atoms with Gasteiger partial charge in [-0.3, -0.25) is 9.78 Å². The number of aryl methyl sites for hydroxylation is 1. The minimum atomic E-state index is 0.121. The fourth-order valence-corrected chi connectivity index (χ4v) is 2.67. The summed E-state index contributed by atoms with van der Waals surface area (Å²) in [4.78, 5) is 16.4. The number of benzene rings is 1. The molecule has 1 aromatic carbocycles. The molecule has 0 radical (unpaired) electrons. The first-order valence-corrected chi connectivity index (χ1v) is 7.54. The van der Waals surface area contributed by atoms with Crippen LogP contribution in [0.4, 0.5) is 5.69 Å². The standard InChI is InChI=1S/C18H20N2O/c1-13-8-9-15(20-18(21)11-14-5-4-6-14)12-16(13)17-7-2-3-10-19-17/h2-3,7-10,12,14H,4-6,11H2,1H3,(H,20,21). The monoisotopic (exact) mass is 280 g/mol. The largest absolute Gasteiger partial charge is 0.326 e. The van der Waals surface area contributed by atoms with Crippen LogP contribution < -0.4 is 5.32 Å². The molecule has 2 aromatic rings. The Kier molecular flexibility index (Phi) is 4.00. The molecule has 108 valence electrons. The third kappa shape index (κ3) is 3.30. The molecule has 1 aliphatic rings. The number of amides is 1. The van der Waals surface area contributed by atoms with Gasteiger partial charge < -0.3 is 5.32 Å². The first-order valence-electron chi connectivity index (χ1n) is 7.54. The highest BCUT2D eigenvalue weighted by atomic mass is 16.1. The Balaban J connectivity index is 1.76. The number of nitrogens with one attached hydrogen (secondary N) is 1. The summed E-state index contributed by atoms with van der Waals surface area (Å²) >= 11 is 0. The number of rotatable bonds is 4. The molecule has 1 aliphatic carbocycles. The molecule has 1 fully saturated rings. The topological polar surface area (TPSA) is 42.0 Å². The van der Waals surface area contributed by atoms with E-state index in [0.29, 0.717) is 12.3 Å². The van der Waals surface area contributed by atoms with E-state index >= 15 is 0 Å². The van der Waals surface area contributed by atoms with Crippen LogP contribution in [0.15, 0.2) is 42.6 Å². The summed E-state index contributed by atoms with van der Waals surface area (Å²) in [5.41, 5.74) is 4.01. The van der Waals surface area contributed by atoms with Crippen molar-refractivity contribution in [2.24, 2.45) is 5.92 Å². The van der Waals surface area contributed by atoms with E-state index < -0.39 is 0 Å². The second-order valence-electron chi connectivity index (χ2n) is 5.79. The maximum atomic E-state index is 12.0. The summed E-state index contributed by atoms with van der Waals surface area (Å²) in [5, 5.41) is 3.01. The Morgan fingerprint density at radius 1 is 1.29 bits per heavy atom. The molecule has 3 nitrogen and oxygen atoms in total. The Bertz CT molecular complexity index is 633. The second-order valence-corrected chi connectivity index (χ2v) is 5.79. The van der Waals surface area contributed by atoms with E-state index in [1.165, 1.54) is 19.3 Å². The van der Waals surface area contributed by atoms with Crippen molar-refractivity contribution < 1.29 is 4.79 Å². The fraction of sp³-hybridized carbons (Fsp3) is 0.333. The predicted octanol–water partition coefficient (Wildman–Crippen LogP) is 4.19. The molecule has 3 rings (SSSR count). The average Bonchev–Trinajstić information content (AvgIpc) is 2.46. The maximum Gasteiger partial charge on any atom is 0.224 e. The zero-order valence-electron chi connectivity index (χ0n) is 12.3. The van der Waals surface area contributed by atoms with Gasteiger partial charge in [-0.2, -0.15) is 0 Å². The van der Waals surface area contributed by atoms with E-state index in [0.717, 1.165) is 22.5 Å². The molecular weight excluding hydrogens is 260 g/mol. The zero-order chi connectivity index (χ0) is 14.7. The second kappa shape index (κ2) is 6.08. The first kappa shape index (κ1) is 13.8. The Morgan fingerprint density at radius 3 is 2.81 bits per heavy atom. The lowest BCUT2D eigenvalue weighted by Crippen LogP contribution is -2.20. The highest BCUT2D eigenvalue weighted by molar-refractivity contribution is 5.91. The quantitative estimate of drug-likeness (QED) is 0.912. The molecule has 3 heteroatoms. The molecular formula is C18H20N2O. The van der Waals surface area contributed by atoms with Crippen molar-refractivity contribution in [3.05, 3.63) is 48.2 Å². The molecule has 0 unspecified atom stereocenters. The number of carbonyl (C=O) groups is 1. The highest BCUT2D eigenvalue weighted by Gasteiger charge is 2.20. The zero-order valence-corrected chi connectivity index (χ0v) is 12.3. The van der Waals surface area contributed by atoms with Crippen molar-refractivity contribution in [3.63, 3.8) is 0 Å². The Hall–Kier alpha value is -2.16. The number of anilines is 1. The molecule has 1 amide bonds. The molecule has 1 saturated carbocycles. The van der Waals surface area contributed by atoms with Crippen LogP contribution in [0.2, 0.25) is 0 Å². The Morgan fingerprint density at radius 2 is 2.14 bits per heavy atom. The smallest absolute Gasteiger partial charge is 0.224 e. The molecule has 1 aromatic heterocycles. The first-order chi connectivity index (χ1) is 10.2. The van der Waals surface area contributed by atoms with Crippen LogP contribution in [-0.2, 0) is 4.79 Å². The van der Waals surface area contributed by atoms with E-state index in [4.69, 9.17) is 0 Å². The van der Waals surface area contributed by atoms with Crippen molar-refractivity contribution in [3.8, 4) is 11.3 Å². The number of carbonyl (C=O) groups excluding carboxylic acids is 1. The number of hydrogen-bond acceptors (Lipinski definition) is 2. The van der Waals surface area contributed by atoms with Crippen LogP contribution in [-0.4, -0.2) is 10.9 Å². The normalized spacial score (nSPS) is 14.5. The van der Waals surface area contributed by atoms with Crippen LogP contribution in [0.5, 0.6) is 0 Å². The van der Waals surface area contributed by atoms with E-state index in [2.05, 4.69) is 17.2 Å². The fourth-order valence-electron chi connectivity index (χ4n) is 2.67. The van der Waals surface area contributed by atoms with Gasteiger partial charge in [-0.15, -0.1) is 0 Å². The lowest BCUT2D eigenvalue weighted by molar-refractivity contribution is -0.117. The maximum absolute atomic E-state index is 12.0. The van der Waals surface area contributed by atoms with Crippen LogP contribution in [0.1, 0.15) is 31.2 Å². The molecule has 0 spiro atoms. The summed E-state index contributed by atoms with van der Waals surface area (Å²) in [5.74, 6) is 0.709. The summed E-state index contributed by atoms with van der Waals surface area (Å²) in [6.07, 6.45) is 6.09. The van der Waals surface area contributed by atoms with Crippen molar-refractivity contribution in [1.82, 2.24) is 4.98 Å². The van der Waals surface area contributed by atoms with Gasteiger partial charge in [0.25, 0.3) is 0 Å². The van der Waals surface area contributed by atoms with Crippen LogP contribution >= 0.6 is 0 Å². The minimum absolute atomic E-state index is 0.121. The Labute approximate surface area is 125 Å². The van der Waals surface area contributed by atoms with Gasteiger partial charge in [0.1, 0.15) is 0 Å². The third-order valence-electron chi connectivity index (χ3n) is 4.16. The van der Waals surface area contributed by atoms with Gasteiger partial charge in [0.05, 0.1) is 5.69 Å². The van der Waals surface area contributed by atoms with Crippen molar-refractivity contribution in [2.75, 3.05) is 5.32 Å². The van der Waals surface area contributed by atoms with Crippen molar-refractivity contribution >= 4 is 11.6 Å². The van der Waals surface area contributed by atoms with Crippen LogP contribution in [0, 0.1) is 12.8 Å². The molecule has 0 aliphatic heterocycles. The van der Waals surface area contributed by atoms with Gasteiger partial charge in [-0.05, 0) is 55.5 Å². The number of hydrogen-bond donors (Lipinski definition) is 1. The molecule has 21 heavy (non-hydrogen) atoms. The molecule has 1 heterocycles. The van der Waals surface area contributed by atoms with Gasteiger partial charge in [0.2, 0.25) is 5.91 Å². The van der Waals surface area contributed by atoms with Gasteiger partial charge in [0, 0.05) is 23.9 Å². The predicted molar refractivity (Wildman–Crippen MR) is 85.0 cm³/mol. The number of nitrogens with zero attached hydrogens (tertiary/aromatic N) is 1.